The van der Waals surface area contributed by atoms with Crippen molar-refractivity contribution in [3.05, 3.63) is 35.4 Å². The van der Waals surface area contributed by atoms with Gasteiger partial charge < -0.3 is 10.6 Å². The smallest absolute Gasteiger partial charge is 0.355 e. The molecule has 2 N–H and O–H groups in total. The average molecular weight is 314 g/mol. The molecule has 22 heavy (non-hydrogen) atoms. The highest BCUT2D eigenvalue weighted by molar-refractivity contribution is 5.78. The van der Waals surface area contributed by atoms with Crippen LogP contribution in [0.2, 0.25) is 0 Å². The molecule has 0 bridgehead atoms. The molecule has 1 aromatic rings. The number of rotatable bonds is 4. The molecule has 122 valence electrons. The molecule has 0 radical (unpaired) electrons. The van der Waals surface area contributed by atoms with Crippen molar-refractivity contribution in [3.8, 4) is 0 Å². The Labute approximate surface area is 128 Å². The van der Waals surface area contributed by atoms with E-state index in [1.807, 2.05) is 0 Å². The second kappa shape index (κ2) is 6.69. The van der Waals surface area contributed by atoms with Crippen molar-refractivity contribution < 1.29 is 18.0 Å². The van der Waals surface area contributed by atoms with E-state index in [0.29, 0.717) is 12.1 Å². The van der Waals surface area contributed by atoms with Crippen LogP contribution in [0.5, 0.6) is 0 Å². The van der Waals surface area contributed by atoms with Gasteiger partial charge in [-0.1, -0.05) is 25.1 Å². The predicted molar refractivity (Wildman–Crippen MR) is 78.4 cm³/mol. The van der Waals surface area contributed by atoms with Gasteiger partial charge in [-0.2, -0.15) is 13.2 Å². The first kappa shape index (κ1) is 16.8. The minimum Gasteiger partial charge on any atom is -0.355 e. The molecule has 6 heteroatoms. The van der Waals surface area contributed by atoms with E-state index in [0.717, 1.165) is 38.1 Å². The summed E-state index contributed by atoms with van der Waals surface area (Å²) in [7, 11) is 0. The van der Waals surface area contributed by atoms with Crippen LogP contribution in [-0.2, 0) is 17.4 Å². The Morgan fingerprint density at radius 2 is 2.00 bits per heavy atom. The zero-order valence-corrected chi connectivity index (χ0v) is 12.6. The lowest BCUT2D eigenvalue weighted by atomic mass is 9.81. The number of carbonyl (C=O) groups is 1. The number of piperidine rings is 1. The Hall–Kier alpha value is -1.56. The van der Waals surface area contributed by atoms with Crippen LogP contribution in [0, 0.1) is 5.41 Å². The predicted octanol–water partition coefficient (Wildman–Crippen LogP) is 2.75. The van der Waals surface area contributed by atoms with Gasteiger partial charge in [-0.25, -0.2) is 0 Å². The molecular formula is C16H21F3N2O. The summed E-state index contributed by atoms with van der Waals surface area (Å²) in [6, 6.07) is 4.92. The van der Waals surface area contributed by atoms with Gasteiger partial charge in [0, 0.05) is 6.54 Å². The van der Waals surface area contributed by atoms with E-state index >= 15 is 0 Å². The lowest BCUT2D eigenvalue weighted by molar-refractivity contribution is -0.137. The first-order valence-corrected chi connectivity index (χ1v) is 7.42. The molecule has 0 unspecified atom stereocenters. The van der Waals surface area contributed by atoms with E-state index < -0.39 is 11.7 Å². The number of amides is 1. The minimum absolute atomic E-state index is 0.0295. The number of halogens is 3. The summed E-state index contributed by atoms with van der Waals surface area (Å²) < 4.78 is 37.9. The van der Waals surface area contributed by atoms with Gasteiger partial charge in [0.2, 0.25) is 5.91 Å². The van der Waals surface area contributed by atoms with Crippen LogP contribution >= 0.6 is 0 Å². The highest BCUT2D eigenvalue weighted by Crippen LogP contribution is 2.30. The number of hydrogen-bond acceptors (Lipinski definition) is 2. The monoisotopic (exact) mass is 314 g/mol. The summed E-state index contributed by atoms with van der Waals surface area (Å²) in [5.74, 6) is -0.237. The van der Waals surface area contributed by atoms with E-state index in [1.165, 1.54) is 6.07 Å². The van der Waals surface area contributed by atoms with Crippen LogP contribution in [-0.4, -0.2) is 25.5 Å². The van der Waals surface area contributed by atoms with Gasteiger partial charge >= 0.3 is 6.18 Å². The van der Waals surface area contributed by atoms with E-state index in [4.69, 9.17) is 0 Å². The first-order valence-electron chi connectivity index (χ1n) is 7.42. The van der Waals surface area contributed by atoms with E-state index in [9.17, 15) is 18.0 Å². The molecular weight excluding hydrogens is 293 g/mol. The van der Waals surface area contributed by atoms with E-state index in [1.54, 1.807) is 6.07 Å². The third-order valence-corrected chi connectivity index (χ3v) is 4.14. The number of alkyl halides is 3. The summed E-state index contributed by atoms with van der Waals surface area (Å²) in [5.41, 5.74) is -0.278. The van der Waals surface area contributed by atoms with Crippen molar-refractivity contribution in [2.45, 2.75) is 32.4 Å². The summed E-state index contributed by atoms with van der Waals surface area (Å²) >= 11 is 0. The number of carbonyl (C=O) groups excluding carboxylic acids is 1. The Bertz CT molecular complexity index is 522. The number of nitrogens with one attached hydrogen (secondary N) is 2. The van der Waals surface area contributed by atoms with Crippen LogP contribution in [0.3, 0.4) is 0 Å². The lowest BCUT2D eigenvalue weighted by Gasteiger charge is -2.34. The van der Waals surface area contributed by atoms with Gasteiger partial charge in [-0.15, -0.1) is 0 Å². The van der Waals surface area contributed by atoms with Gasteiger partial charge in [0.05, 0.1) is 12.0 Å². The SMILES string of the molecule is CC1(CNC(=O)Cc2cccc(C(F)(F)F)c2)CCNCC1. The number of hydrogen-bond donors (Lipinski definition) is 2. The second-order valence-electron chi connectivity index (χ2n) is 6.21. The summed E-state index contributed by atoms with van der Waals surface area (Å²) in [4.78, 5) is 12.0. The zero-order chi connectivity index (χ0) is 16.2. The summed E-state index contributed by atoms with van der Waals surface area (Å²) in [5, 5.41) is 6.12. The molecule has 2 rings (SSSR count). The van der Waals surface area contributed by atoms with Gasteiger partial charge in [0.25, 0.3) is 0 Å². The molecule has 1 fully saturated rings. The van der Waals surface area contributed by atoms with Crippen LogP contribution in [0.1, 0.15) is 30.9 Å². The maximum atomic E-state index is 12.6. The molecule has 0 spiro atoms. The molecule has 1 heterocycles. The summed E-state index contributed by atoms with van der Waals surface area (Å²) in [6.45, 7) is 4.55. The number of benzene rings is 1. The van der Waals surface area contributed by atoms with Crippen molar-refractivity contribution in [3.63, 3.8) is 0 Å². The topological polar surface area (TPSA) is 41.1 Å². The van der Waals surface area contributed by atoms with Crippen molar-refractivity contribution >= 4 is 5.91 Å². The van der Waals surface area contributed by atoms with Crippen molar-refractivity contribution in [2.75, 3.05) is 19.6 Å². The molecule has 0 atom stereocenters. The molecule has 0 aromatic heterocycles. The van der Waals surface area contributed by atoms with Gasteiger partial charge in [-0.3, -0.25) is 4.79 Å². The van der Waals surface area contributed by atoms with Gasteiger partial charge in [0.15, 0.2) is 0 Å². The van der Waals surface area contributed by atoms with E-state index in [-0.39, 0.29) is 17.7 Å². The van der Waals surface area contributed by atoms with Gasteiger partial charge in [0.1, 0.15) is 0 Å². The fourth-order valence-corrected chi connectivity index (χ4v) is 2.62. The van der Waals surface area contributed by atoms with Crippen LogP contribution in [0.4, 0.5) is 13.2 Å². The second-order valence-corrected chi connectivity index (χ2v) is 6.21. The molecule has 1 aliphatic rings. The third-order valence-electron chi connectivity index (χ3n) is 4.14. The Kier molecular flexibility index (Phi) is 5.11. The van der Waals surface area contributed by atoms with Crippen molar-refractivity contribution in [1.29, 1.82) is 0 Å². The molecule has 0 saturated carbocycles. The normalized spacial score (nSPS) is 18.0. The van der Waals surface area contributed by atoms with Crippen LogP contribution < -0.4 is 10.6 Å². The molecule has 1 aromatic carbocycles. The van der Waals surface area contributed by atoms with Crippen LogP contribution in [0.15, 0.2) is 24.3 Å². The zero-order valence-electron chi connectivity index (χ0n) is 12.6. The highest BCUT2D eigenvalue weighted by atomic mass is 19.4. The fourth-order valence-electron chi connectivity index (χ4n) is 2.62. The Morgan fingerprint density at radius 3 is 2.64 bits per heavy atom. The Balaban J connectivity index is 1.89. The molecule has 1 aliphatic heterocycles. The lowest BCUT2D eigenvalue weighted by Crippen LogP contribution is -2.43. The Morgan fingerprint density at radius 1 is 1.32 bits per heavy atom. The maximum Gasteiger partial charge on any atom is 0.416 e. The standard InChI is InChI=1S/C16H21F3N2O/c1-15(5-7-20-8-6-15)11-21-14(22)10-12-3-2-4-13(9-12)16(17,18)19/h2-4,9,20H,5-8,10-11H2,1H3,(H,21,22). The quantitative estimate of drug-likeness (QED) is 0.897. The minimum atomic E-state index is -4.38. The first-order chi connectivity index (χ1) is 10.3. The van der Waals surface area contributed by atoms with Crippen LogP contribution in [0.25, 0.3) is 0 Å². The highest BCUT2D eigenvalue weighted by Gasteiger charge is 2.30. The van der Waals surface area contributed by atoms with Crippen molar-refractivity contribution in [2.24, 2.45) is 5.41 Å². The van der Waals surface area contributed by atoms with Crippen molar-refractivity contribution in [1.82, 2.24) is 10.6 Å². The summed E-state index contributed by atoms with van der Waals surface area (Å²) in [6.07, 6.45) is -2.44. The molecule has 1 saturated heterocycles. The maximum absolute atomic E-state index is 12.6. The fraction of sp³-hybridized carbons (Fsp3) is 0.562. The average Bonchev–Trinajstić information content (AvgIpc) is 2.46. The largest absolute Gasteiger partial charge is 0.416 e. The van der Waals surface area contributed by atoms with E-state index in [2.05, 4.69) is 17.6 Å². The van der Waals surface area contributed by atoms with Gasteiger partial charge in [-0.05, 0) is 43.0 Å². The molecule has 1 amide bonds. The molecule has 3 nitrogen and oxygen atoms in total. The molecule has 0 aliphatic carbocycles. The third kappa shape index (κ3) is 4.73.